The molecule has 0 saturated heterocycles. The summed E-state index contributed by atoms with van der Waals surface area (Å²) in [5, 5.41) is 5.34. The molecule has 8 heteroatoms. The summed E-state index contributed by atoms with van der Waals surface area (Å²) in [6.07, 6.45) is 1.01. The lowest BCUT2D eigenvalue weighted by atomic mass is 9.73. The van der Waals surface area contributed by atoms with Crippen LogP contribution in [0.3, 0.4) is 0 Å². The number of carbonyl (C=O) groups is 2. The summed E-state index contributed by atoms with van der Waals surface area (Å²) in [6, 6.07) is 9.76. The fourth-order valence-corrected chi connectivity index (χ4v) is 5.64. The van der Waals surface area contributed by atoms with Crippen LogP contribution in [0.2, 0.25) is 0 Å². The van der Waals surface area contributed by atoms with E-state index in [1.807, 2.05) is 49.6 Å². The summed E-state index contributed by atoms with van der Waals surface area (Å²) >= 11 is 1.54. The van der Waals surface area contributed by atoms with Crippen molar-refractivity contribution in [2.75, 3.05) is 34.0 Å². The molecule has 0 fully saturated rings. The highest BCUT2D eigenvalue weighted by molar-refractivity contribution is 7.10. The Bertz CT molecular complexity index is 1150. The SMILES string of the molecule is CCOc1ccc([C@H]2CC(=O)C3=C(C2)NC(C)=C(C(=O)OCCOC)[C@@H]3c2cccs2)cc1OC. The predicted octanol–water partition coefficient (Wildman–Crippen LogP) is 4.71. The standard InChI is InChI=1S/C27H31NO6S/c1-5-33-21-9-8-17(15-22(21)32-4)18-13-19-25(20(29)14-18)26(23-7-6-12-35-23)24(16(2)28-19)27(30)34-11-10-31-3/h6-9,12,15,18,26,28H,5,10-11,13-14H2,1-4H3/t18-,26+/m1/s1. The largest absolute Gasteiger partial charge is 0.493 e. The van der Waals surface area contributed by atoms with Crippen LogP contribution in [0, 0.1) is 0 Å². The van der Waals surface area contributed by atoms with Gasteiger partial charge in [0.05, 0.1) is 31.8 Å². The minimum Gasteiger partial charge on any atom is -0.493 e. The van der Waals surface area contributed by atoms with Gasteiger partial charge in [-0.1, -0.05) is 12.1 Å². The second kappa shape index (κ2) is 11.1. The fourth-order valence-electron chi connectivity index (χ4n) is 4.79. The lowest BCUT2D eigenvalue weighted by Crippen LogP contribution is -2.36. The lowest BCUT2D eigenvalue weighted by molar-refractivity contribution is -0.140. The highest BCUT2D eigenvalue weighted by Crippen LogP contribution is 2.47. The Balaban J connectivity index is 1.67. The quantitative estimate of drug-likeness (QED) is 0.397. The van der Waals surface area contributed by atoms with Gasteiger partial charge < -0.3 is 24.3 Å². The Morgan fingerprint density at radius 3 is 2.66 bits per heavy atom. The summed E-state index contributed by atoms with van der Waals surface area (Å²) in [5.74, 6) is 0.495. The molecule has 0 amide bonds. The van der Waals surface area contributed by atoms with E-state index < -0.39 is 11.9 Å². The molecule has 0 spiro atoms. The molecule has 1 aliphatic carbocycles. The molecule has 2 aliphatic rings. The normalized spacial score (nSPS) is 19.8. The Kier molecular flexibility index (Phi) is 7.93. The van der Waals surface area contributed by atoms with E-state index in [0.29, 0.717) is 54.4 Å². The smallest absolute Gasteiger partial charge is 0.336 e. The number of allylic oxidation sites excluding steroid dienone is 3. The monoisotopic (exact) mass is 497 g/mol. The number of ether oxygens (including phenoxy) is 4. The number of hydrogen-bond donors (Lipinski definition) is 1. The summed E-state index contributed by atoms with van der Waals surface area (Å²) < 4.78 is 21.6. The first-order chi connectivity index (χ1) is 17.0. The molecule has 2 aromatic rings. The van der Waals surface area contributed by atoms with Crippen LogP contribution in [-0.2, 0) is 19.1 Å². The van der Waals surface area contributed by atoms with Crippen molar-refractivity contribution in [2.45, 2.75) is 38.5 Å². The van der Waals surface area contributed by atoms with Gasteiger partial charge in [0.15, 0.2) is 17.3 Å². The molecule has 1 aliphatic heterocycles. The van der Waals surface area contributed by atoms with Crippen LogP contribution in [-0.4, -0.2) is 45.8 Å². The zero-order chi connectivity index (χ0) is 24.9. The number of thiophene rings is 1. The number of methoxy groups -OCH3 is 2. The van der Waals surface area contributed by atoms with Crippen molar-refractivity contribution < 1.29 is 28.5 Å². The van der Waals surface area contributed by atoms with Crippen LogP contribution < -0.4 is 14.8 Å². The maximum absolute atomic E-state index is 13.6. The molecule has 0 unspecified atom stereocenters. The fraction of sp³-hybridized carbons (Fsp3) is 0.407. The van der Waals surface area contributed by atoms with Crippen molar-refractivity contribution in [3.8, 4) is 11.5 Å². The predicted molar refractivity (Wildman–Crippen MR) is 134 cm³/mol. The molecule has 2 heterocycles. The number of hydrogen-bond acceptors (Lipinski definition) is 8. The molecular formula is C27H31NO6S. The summed E-state index contributed by atoms with van der Waals surface area (Å²) in [5.41, 5.74) is 3.74. The molecule has 35 heavy (non-hydrogen) atoms. The zero-order valence-corrected chi connectivity index (χ0v) is 21.3. The van der Waals surface area contributed by atoms with Crippen molar-refractivity contribution in [3.05, 3.63) is 68.7 Å². The average molecular weight is 498 g/mol. The summed E-state index contributed by atoms with van der Waals surface area (Å²) in [6.45, 7) is 4.81. The molecule has 1 N–H and O–H groups in total. The van der Waals surface area contributed by atoms with Gasteiger partial charge >= 0.3 is 5.97 Å². The number of esters is 1. The highest BCUT2D eigenvalue weighted by Gasteiger charge is 2.42. The molecule has 0 radical (unpaired) electrons. The van der Waals surface area contributed by atoms with Crippen LogP contribution in [0.1, 0.15) is 49.0 Å². The minimum atomic E-state index is -0.440. The second-order valence-electron chi connectivity index (χ2n) is 8.50. The van der Waals surface area contributed by atoms with Crippen molar-refractivity contribution in [1.29, 1.82) is 0 Å². The van der Waals surface area contributed by atoms with Crippen molar-refractivity contribution in [2.24, 2.45) is 0 Å². The number of carbonyl (C=O) groups excluding carboxylic acids is 2. The van der Waals surface area contributed by atoms with E-state index in [-0.39, 0.29) is 18.3 Å². The first-order valence-corrected chi connectivity index (χ1v) is 12.6. The maximum Gasteiger partial charge on any atom is 0.336 e. The minimum absolute atomic E-state index is 0.00897. The van der Waals surface area contributed by atoms with Gasteiger partial charge in [0.25, 0.3) is 0 Å². The molecule has 4 rings (SSSR count). The van der Waals surface area contributed by atoms with Crippen LogP contribution in [0.25, 0.3) is 0 Å². The average Bonchev–Trinajstić information content (AvgIpc) is 3.38. The van der Waals surface area contributed by atoms with Gasteiger partial charge in [0.1, 0.15) is 6.61 Å². The van der Waals surface area contributed by atoms with Gasteiger partial charge in [-0.3, -0.25) is 4.79 Å². The van der Waals surface area contributed by atoms with Crippen molar-refractivity contribution >= 4 is 23.1 Å². The van der Waals surface area contributed by atoms with E-state index in [0.717, 1.165) is 16.1 Å². The van der Waals surface area contributed by atoms with Gasteiger partial charge in [-0.2, -0.15) is 0 Å². The van der Waals surface area contributed by atoms with Gasteiger partial charge in [0, 0.05) is 35.4 Å². The number of dihydropyridines is 1. The van der Waals surface area contributed by atoms with E-state index in [4.69, 9.17) is 18.9 Å². The molecule has 0 saturated carbocycles. The molecule has 0 bridgehead atoms. The van der Waals surface area contributed by atoms with Crippen LogP contribution >= 0.6 is 11.3 Å². The van der Waals surface area contributed by atoms with Gasteiger partial charge in [-0.05, 0) is 55.3 Å². The maximum atomic E-state index is 13.6. The lowest BCUT2D eigenvalue weighted by Gasteiger charge is -2.36. The molecule has 1 aromatic heterocycles. The van der Waals surface area contributed by atoms with Crippen molar-refractivity contribution in [3.63, 3.8) is 0 Å². The van der Waals surface area contributed by atoms with Crippen LogP contribution in [0.15, 0.2) is 58.3 Å². The van der Waals surface area contributed by atoms with Gasteiger partial charge in [0.2, 0.25) is 0 Å². The topological polar surface area (TPSA) is 83.1 Å². The number of benzene rings is 1. The Hall–Kier alpha value is -3.10. The number of rotatable bonds is 9. The van der Waals surface area contributed by atoms with Gasteiger partial charge in [-0.25, -0.2) is 4.79 Å². The van der Waals surface area contributed by atoms with E-state index in [9.17, 15) is 9.59 Å². The molecule has 2 atom stereocenters. The third-order valence-corrected chi connectivity index (χ3v) is 7.29. The van der Waals surface area contributed by atoms with E-state index in [1.54, 1.807) is 14.2 Å². The molecule has 186 valence electrons. The second-order valence-corrected chi connectivity index (χ2v) is 9.48. The number of ketones is 1. The third kappa shape index (κ3) is 5.13. The highest BCUT2D eigenvalue weighted by atomic mass is 32.1. The van der Waals surface area contributed by atoms with E-state index >= 15 is 0 Å². The van der Waals surface area contributed by atoms with Crippen LogP contribution in [0.4, 0.5) is 0 Å². The molecule has 1 aromatic carbocycles. The summed E-state index contributed by atoms with van der Waals surface area (Å²) in [4.78, 5) is 27.7. The van der Waals surface area contributed by atoms with E-state index in [2.05, 4.69) is 5.32 Å². The zero-order valence-electron chi connectivity index (χ0n) is 20.5. The molecular weight excluding hydrogens is 466 g/mol. The van der Waals surface area contributed by atoms with Gasteiger partial charge in [-0.15, -0.1) is 11.3 Å². The van der Waals surface area contributed by atoms with Crippen LogP contribution in [0.5, 0.6) is 11.5 Å². The number of nitrogens with one attached hydrogen (secondary N) is 1. The molecule has 7 nitrogen and oxygen atoms in total. The third-order valence-electron chi connectivity index (χ3n) is 6.35. The first kappa shape index (κ1) is 25.0. The Morgan fingerprint density at radius 1 is 1.14 bits per heavy atom. The Labute approximate surface area is 209 Å². The number of Topliss-reactive ketones (excluding diaryl/α,β-unsaturated/α-hetero) is 1. The van der Waals surface area contributed by atoms with E-state index in [1.165, 1.54) is 11.3 Å². The van der Waals surface area contributed by atoms with Crippen molar-refractivity contribution in [1.82, 2.24) is 5.32 Å². The summed E-state index contributed by atoms with van der Waals surface area (Å²) in [7, 11) is 3.17. The first-order valence-electron chi connectivity index (χ1n) is 11.7. The Morgan fingerprint density at radius 2 is 1.97 bits per heavy atom.